The van der Waals surface area contributed by atoms with Crippen molar-refractivity contribution in [3.05, 3.63) is 42.3 Å². The summed E-state index contributed by atoms with van der Waals surface area (Å²) in [6, 6.07) is 9.50. The lowest BCUT2D eigenvalue weighted by molar-refractivity contribution is 0.198. The highest BCUT2D eigenvalue weighted by Gasteiger charge is 2.25. The average Bonchev–Trinajstić information content (AvgIpc) is 3.22. The molecule has 0 aliphatic carbocycles. The van der Waals surface area contributed by atoms with Gasteiger partial charge in [0.15, 0.2) is 0 Å². The van der Waals surface area contributed by atoms with Crippen LogP contribution < -0.4 is 5.32 Å². The number of amides is 2. The third-order valence-corrected chi connectivity index (χ3v) is 3.82. The van der Waals surface area contributed by atoms with Crippen molar-refractivity contribution in [1.82, 2.24) is 15.2 Å². The van der Waals surface area contributed by atoms with E-state index in [1.807, 2.05) is 30.3 Å². The summed E-state index contributed by atoms with van der Waals surface area (Å²) in [4.78, 5) is 18.1. The lowest BCUT2D eigenvalue weighted by Gasteiger charge is -2.16. The number of oxazole rings is 1. The number of likely N-dealkylation sites (tertiary alicyclic amines) is 1. The second-order valence-electron chi connectivity index (χ2n) is 5.45. The van der Waals surface area contributed by atoms with Crippen molar-refractivity contribution in [2.24, 2.45) is 5.92 Å². The average molecular weight is 301 g/mol. The minimum atomic E-state index is -0.125. The van der Waals surface area contributed by atoms with Crippen LogP contribution in [0.5, 0.6) is 0 Å². The normalized spacial score (nSPS) is 17.7. The SMILES string of the molecule is O=C(NCc1coc(-c2ccccc2)n1)N1CCC(CO)C1. The molecule has 0 bridgehead atoms. The van der Waals surface area contributed by atoms with Gasteiger partial charge >= 0.3 is 6.03 Å². The van der Waals surface area contributed by atoms with Crippen LogP contribution in [0.15, 0.2) is 41.0 Å². The van der Waals surface area contributed by atoms with Gasteiger partial charge < -0.3 is 19.7 Å². The molecule has 2 amide bonds. The van der Waals surface area contributed by atoms with Crippen LogP contribution in [0.3, 0.4) is 0 Å². The fraction of sp³-hybridized carbons (Fsp3) is 0.375. The van der Waals surface area contributed by atoms with Gasteiger partial charge in [0.05, 0.1) is 12.2 Å². The Labute approximate surface area is 128 Å². The molecule has 1 fully saturated rings. The molecule has 22 heavy (non-hydrogen) atoms. The van der Waals surface area contributed by atoms with Gasteiger partial charge in [-0.15, -0.1) is 0 Å². The summed E-state index contributed by atoms with van der Waals surface area (Å²) in [6.07, 6.45) is 2.41. The maximum atomic E-state index is 12.0. The number of nitrogens with zero attached hydrogens (tertiary/aromatic N) is 2. The molecule has 1 atom stereocenters. The number of hydrogen-bond acceptors (Lipinski definition) is 4. The number of aliphatic hydroxyl groups is 1. The van der Waals surface area contributed by atoms with Gasteiger partial charge in [0.25, 0.3) is 0 Å². The Morgan fingerprint density at radius 2 is 2.23 bits per heavy atom. The Morgan fingerprint density at radius 3 is 2.95 bits per heavy atom. The summed E-state index contributed by atoms with van der Waals surface area (Å²) < 4.78 is 5.43. The van der Waals surface area contributed by atoms with E-state index in [1.54, 1.807) is 11.2 Å². The minimum Gasteiger partial charge on any atom is -0.444 e. The topological polar surface area (TPSA) is 78.6 Å². The molecule has 1 unspecified atom stereocenters. The first-order valence-electron chi connectivity index (χ1n) is 7.39. The first kappa shape index (κ1) is 14.6. The third-order valence-electron chi connectivity index (χ3n) is 3.82. The van der Waals surface area contributed by atoms with Gasteiger partial charge in [0, 0.05) is 31.2 Å². The van der Waals surface area contributed by atoms with E-state index < -0.39 is 0 Å². The van der Waals surface area contributed by atoms with Crippen molar-refractivity contribution in [2.45, 2.75) is 13.0 Å². The van der Waals surface area contributed by atoms with Crippen molar-refractivity contribution in [1.29, 1.82) is 0 Å². The number of nitrogens with one attached hydrogen (secondary N) is 1. The van der Waals surface area contributed by atoms with Gasteiger partial charge in [0.1, 0.15) is 6.26 Å². The van der Waals surface area contributed by atoms with E-state index in [-0.39, 0.29) is 18.6 Å². The van der Waals surface area contributed by atoms with Crippen LogP contribution >= 0.6 is 0 Å². The van der Waals surface area contributed by atoms with E-state index in [4.69, 9.17) is 9.52 Å². The van der Waals surface area contributed by atoms with E-state index in [9.17, 15) is 4.79 Å². The second kappa shape index (κ2) is 6.62. The number of hydrogen-bond donors (Lipinski definition) is 2. The van der Waals surface area contributed by atoms with Crippen molar-refractivity contribution in [3.8, 4) is 11.5 Å². The van der Waals surface area contributed by atoms with Crippen LogP contribution in [0.25, 0.3) is 11.5 Å². The standard InChI is InChI=1S/C16H19N3O3/c20-10-12-6-7-19(9-12)16(21)17-8-14-11-22-15(18-14)13-4-2-1-3-5-13/h1-5,11-12,20H,6-10H2,(H,17,21). The van der Waals surface area contributed by atoms with E-state index in [1.165, 1.54) is 0 Å². The Kier molecular flexibility index (Phi) is 4.39. The van der Waals surface area contributed by atoms with E-state index >= 15 is 0 Å². The van der Waals surface area contributed by atoms with Gasteiger partial charge in [-0.05, 0) is 18.6 Å². The molecule has 1 aromatic carbocycles. The molecular formula is C16H19N3O3. The Hall–Kier alpha value is -2.34. The van der Waals surface area contributed by atoms with Crippen LogP contribution in [0.2, 0.25) is 0 Å². The third kappa shape index (κ3) is 3.28. The number of carbonyl (C=O) groups excluding carboxylic acids is 1. The molecule has 1 aliphatic heterocycles. The molecule has 2 N–H and O–H groups in total. The summed E-state index contributed by atoms with van der Waals surface area (Å²) in [6.45, 7) is 1.75. The number of aromatic nitrogens is 1. The quantitative estimate of drug-likeness (QED) is 0.903. The van der Waals surface area contributed by atoms with Gasteiger partial charge in [-0.3, -0.25) is 0 Å². The molecule has 6 nitrogen and oxygen atoms in total. The molecule has 1 aromatic heterocycles. The summed E-state index contributed by atoms with van der Waals surface area (Å²) in [7, 11) is 0. The molecule has 2 heterocycles. The van der Waals surface area contributed by atoms with Crippen molar-refractivity contribution in [3.63, 3.8) is 0 Å². The maximum Gasteiger partial charge on any atom is 0.317 e. The number of benzene rings is 1. The number of rotatable bonds is 4. The van der Waals surface area contributed by atoms with Gasteiger partial charge in [-0.2, -0.15) is 0 Å². The molecule has 6 heteroatoms. The first-order valence-corrected chi connectivity index (χ1v) is 7.39. The number of aliphatic hydroxyl groups excluding tert-OH is 1. The zero-order chi connectivity index (χ0) is 15.4. The molecular weight excluding hydrogens is 282 g/mol. The lowest BCUT2D eigenvalue weighted by atomic mass is 10.1. The van der Waals surface area contributed by atoms with Crippen molar-refractivity contribution < 1.29 is 14.3 Å². The monoisotopic (exact) mass is 301 g/mol. The van der Waals surface area contributed by atoms with E-state index in [2.05, 4.69) is 10.3 Å². The summed E-state index contributed by atoms with van der Waals surface area (Å²) in [5.41, 5.74) is 1.59. The fourth-order valence-electron chi connectivity index (χ4n) is 2.55. The highest BCUT2D eigenvalue weighted by Crippen LogP contribution is 2.18. The van der Waals surface area contributed by atoms with Crippen LogP contribution in [0, 0.1) is 5.92 Å². The highest BCUT2D eigenvalue weighted by atomic mass is 16.3. The van der Waals surface area contributed by atoms with Gasteiger partial charge in [-0.1, -0.05) is 18.2 Å². The number of urea groups is 1. The summed E-state index contributed by atoms with van der Waals surface area (Å²) in [5.74, 6) is 0.744. The zero-order valence-electron chi connectivity index (χ0n) is 12.2. The Morgan fingerprint density at radius 1 is 1.41 bits per heavy atom. The largest absolute Gasteiger partial charge is 0.444 e. The van der Waals surface area contributed by atoms with E-state index in [0.29, 0.717) is 31.2 Å². The zero-order valence-corrected chi connectivity index (χ0v) is 12.2. The molecule has 0 radical (unpaired) electrons. The summed E-state index contributed by atoms with van der Waals surface area (Å²) in [5, 5.41) is 11.9. The second-order valence-corrected chi connectivity index (χ2v) is 5.45. The molecule has 3 rings (SSSR count). The van der Waals surface area contributed by atoms with Crippen LogP contribution in [0.1, 0.15) is 12.1 Å². The lowest BCUT2D eigenvalue weighted by Crippen LogP contribution is -2.38. The van der Waals surface area contributed by atoms with Crippen LogP contribution in [0.4, 0.5) is 4.79 Å². The summed E-state index contributed by atoms with van der Waals surface area (Å²) >= 11 is 0. The minimum absolute atomic E-state index is 0.125. The molecule has 1 saturated heterocycles. The van der Waals surface area contributed by atoms with Crippen LogP contribution in [-0.4, -0.2) is 40.7 Å². The van der Waals surface area contributed by atoms with Gasteiger partial charge in [-0.25, -0.2) is 9.78 Å². The first-order chi connectivity index (χ1) is 10.8. The number of carbonyl (C=O) groups is 1. The van der Waals surface area contributed by atoms with Gasteiger partial charge in [0.2, 0.25) is 5.89 Å². The predicted molar refractivity (Wildman–Crippen MR) is 80.9 cm³/mol. The van der Waals surface area contributed by atoms with Crippen LogP contribution in [-0.2, 0) is 6.54 Å². The smallest absolute Gasteiger partial charge is 0.317 e. The Bertz CT molecular complexity index is 627. The molecule has 0 spiro atoms. The fourth-order valence-corrected chi connectivity index (χ4v) is 2.55. The van der Waals surface area contributed by atoms with Crippen molar-refractivity contribution >= 4 is 6.03 Å². The maximum absolute atomic E-state index is 12.0. The van der Waals surface area contributed by atoms with E-state index in [0.717, 1.165) is 12.0 Å². The molecule has 1 aliphatic rings. The molecule has 2 aromatic rings. The predicted octanol–water partition coefficient (Wildman–Crippen LogP) is 1.87. The van der Waals surface area contributed by atoms with Crippen molar-refractivity contribution in [2.75, 3.05) is 19.7 Å². The highest BCUT2D eigenvalue weighted by molar-refractivity contribution is 5.74. The Balaban J connectivity index is 1.54. The molecule has 0 saturated carbocycles. The molecule has 116 valence electrons.